The molecule has 19 heavy (non-hydrogen) atoms. The van der Waals surface area contributed by atoms with Crippen molar-refractivity contribution < 1.29 is 14.6 Å². The normalized spacial score (nSPS) is 21.7. The van der Waals surface area contributed by atoms with E-state index in [0.717, 1.165) is 29.8 Å². The predicted molar refractivity (Wildman–Crippen MR) is 75.0 cm³/mol. The lowest BCUT2D eigenvalue weighted by molar-refractivity contribution is -0.145. The molecule has 4 heteroatoms. The van der Waals surface area contributed by atoms with Gasteiger partial charge >= 0.3 is 5.97 Å². The molecule has 0 atom stereocenters. The number of rotatable bonds is 4. The first kappa shape index (κ1) is 13.7. The van der Waals surface area contributed by atoms with Gasteiger partial charge in [0.25, 0.3) is 0 Å². The van der Waals surface area contributed by atoms with Crippen molar-refractivity contribution in [1.82, 2.24) is 0 Å². The Morgan fingerprint density at radius 3 is 2.47 bits per heavy atom. The third-order valence-corrected chi connectivity index (χ3v) is 4.32. The van der Waals surface area contributed by atoms with Crippen LogP contribution in [-0.4, -0.2) is 31.3 Å². The van der Waals surface area contributed by atoms with Gasteiger partial charge in [-0.25, -0.2) is 0 Å². The number of benzene rings is 1. The zero-order valence-electron chi connectivity index (χ0n) is 11.9. The van der Waals surface area contributed by atoms with Gasteiger partial charge in [-0.1, -0.05) is 0 Å². The molecule has 1 aliphatic carbocycles. The molecule has 4 nitrogen and oxygen atoms in total. The van der Waals surface area contributed by atoms with Crippen molar-refractivity contribution in [1.29, 1.82) is 0 Å². The molecule has 1 aromatic rings. The highest BCUT2D eigenvalue weighted by molar-refractivity contribution is 5.72. The Balaban J connectivity index is 2.15. The summed E-state index contributed by atoms with van der Waals surface area (Å²) in [6.07, 6.45) is 1.46. The Kier molecular flexibility index (Phi) is 3.69. The molecule has 2 rings (SSSR count). The predicted octanol–water partition coefficient (Wildman–Crippen LogP) is 2.61. The van der Waals surface area contributed by atoms with Crippen LogP contribution >= 0.6 is 0 Å². The summed E-state index contributed by atoms with van der Waals surface area (Å²) < 4.78 is 5.31. The molecule has 1 N–H and O–H groups in total. The van der Waals surface area contributed by atoms with Crippen molar-refractivity contribution in [3.05, 3.63) is 23.3 Å². The van der Waals surface area contributed by atoms with E-state index in [2.05, 4.69) is 17.9 Å². The SMILES string of the molecule is COc1ccc(N(C)C2CC(C(=O)O)C2)c(C)c1C. The van der Waals surface area contributed by atoms with Gasteiger partial charge in [0.1, 0.15) is 5.75 Å². The number of ether oxygens (including phenoxy) is 1. The van der Waals surface area contributed by atoms with Crippen molar-refractivity contribution in [3.8, 4) is 5.75 Å². The monoisotopic (exact) mass is 263 g/mol. The van der Waals surface area contributed by atoms with Crippen LogP contribution in [0.2, 0.25) is 0 Å². The summed E-state index contributed by atoms with van der Waals surface area (Å²) in [6, 6.07) is 4.35. The van der Waals surface area contributed by atoms with Crippen molar-refractivity contribution >= 4 is 11.7 Å². The second kappa shape index (κ2) is 5.11. The maximum atomic E-state index is 10.9. The fourth-order valence-electron chi connectivity index (χ4n) is 2.69. The van der Waals surface area contributed by atoms with Gasteiger partial charge in [0.15, 0.2) is 0 Å². The molecule has 104 valence electrons. The Morgan fingerprint density at radius 2 is 1.95 bits per heavy atom. The Labute approximate surface area is 114 Å². The van der Waals surface area contributed by atoms with E-state index in [1.165, 1.54) is 5.56 Å². The van der Waals surface area contributed by atoms with Crippen molar-refractivity contribution in [2.45, 2.75) is 32.7 Å². The molecule has 0 aromatic heterocycles. The quantitative estimate of drug-likeness (QED) is 0.907. The van der Waals surface area contributed by atoms with Crippen LogP contribution in [0.5, 0.6) is 5.75 Å². The number of carboxylic acids is 1. The summed E-state index contributed by atoms with van der Waals surface area (Å²) in [5.74, 6) is 0.0473. The van der Waals surface area contributed by atoms with Crippen LogP contribution in [0, 0.1) is 19.8 Å². The molecule has 0 unspecified atom stereocenters. The highest BCUT2D eigenvalue weighted by atomic mass is 16.5. The molecule has 1 aliphatic rings. The molecule has 0 aliphatic heterocycles. The van der Waals surface area contributed by atoms with Crippen molar-refractivity contribution in [3.63, 3.8) is 0 Å². The van der Waals surface area contributed by atoms with E-state index in [1.807, 2.05) is 20.0 Å². The van der Waals surface area contributed by atoms with Crippen LogP contribution in [0.25, 0.3) is 0 Å². The molecule has 0 spiro atoms. The minimum atomic E-state index is -0.674. The summed E-state index contributed by atoms with van der Waals surface area (Å²) in [5.41, 5.74) is 3.49. The Bertz CT molecular complexity index is 492. The van der Waals surface area contributed by atoms with E-state index in [0.29, 0.717) is 6.04 Å². The fourth-order valence-corrected chi connectivity index (χ4v) is 2.69. The van der Waals surface area contributed by atoms with E-state index in [1.54, 1.807) is 7.11 Å². The zero-order chi connectivity index (χ0) is 14.2. The molecular weight excluding hydrogens is 242 g/mol. The van der Waals surface area contributed by atoms with Gasteiger partial charge in [-0.15, -0.1) is 0 Å². The van der Waals surface area contributed by atoms with Crippen LogP contribution in [-0.2, 0) is 4.79 Å². The fraction of sp³-hybridized carbons (Fsp3) is 0.533. The van der Waals surface area contributed by atoms with Crippen molar-refractivity contribution in [2.75, 3.05) is 19.1 Å². The molecule has 0 amide bonds. The molecular formula is C15H21NO3. The van der Waals surface area contributed by atoms with E-state index in [9.17, 15) is 4.79 Å². The summed E-state index contributed by atoms with van der Waals surface area (Å²) in [5, 5.41) is 8.94. The summed E-state index contributed by atoms with van der Waals surface area (Å²) >= 11 is 0. The minimum Gasteiger partial charge on any atom is -0.496 e. The number of hydrogen-bond acceptors (Lipinski definition) is 3. The maximum absolute atomic E-state index is 10.9. The lowest BCUT2D eigenvalue weighted by atomic mass is 9.79. The third-order valence-electron chi connectivity index (χ3n) is 4.32. The molecule has 1 fully saturated rings. The van der Waals surface area contributed by atoms with Crippen LogP contribution < -0.4 is 9.64 Å². The number of nitrogens with zero attached hydrogens (tertiary/aromatic N) is 1. The second-order valence-electron chi connectivity index (χ2n) is 5.31. The first-order valence-electron chi connectivity index (χ1n) is 6.55. The average molecular weight is 263 g/mol. The average Bonchev–Trinajstić information content (AvgIpc) is 2.30. The lowest BCUT2D eigenvalue weighted by Gasteiger charge is -2.41. The van der Waals surface area contributed by atoms with Crippen LogP contribution in [0.1, 0.15) is 24.0 Å². The summed E-state index contributed by atoms with van der Waals surface area (Å²) in [6.45, 7) is 4.13. The van der Waals surface area contributed by atoms with Crippen LogP contribution in [0.4, 0.5) is 5.69 Å². The molecule has 0 radical (unpaired) electrons. The molecule has 1 saturated carbocycles. The number of aliphatic carboxylic acids is 1. The van der Waals surface area contributed by atoms with Gasteiger partial charge in [-0.2, -0.15) is 0 Å². The first-order chi connectivity index (χ1) is 8.95. The molecule has 0 bridgehead atoms. The summed E-state index contributed by atoms with van der Waals surface area (Å²) in [4.78, 5) is 13.1. The first-order valence-corrected chi connectivity index (χ1v) is 6.55. The van der Waals surface area contributed by atoms with E-state index < -0.39 is 5.97 Å². The zero-order valence-corrected chi connectivity index (χ0v) is 11.9. The molecule has 0 saturated heterocycles. The lowest BCUT2D eigenvalue weighted by Crippen LogP contribution is -2.45. The van der Waals surface area contributed by atoms with E-state index in [-0.39, 0.29) is 5.92 Å². The molecule has 1 aromatic carbocycles. The van der Waals surface area contributed by atoms with Gasteiger partial charge in [-0.3, -0.25) is 4.79 Å². The number of carbonyl (C=O) groups is 1. The number of hydrogen-bond donors (Lipinski definition) is 1. The number of methoxy groups -OCH3 is 1. The standard InChI is InChI=1S/C15H21NO3/c1-9-10(2)14(19-4)6-5-13(9)16(3)12-7-11(8-12)15(17)18/h5-6,11-12H,7-8H2,1-4H3,(H,17,18). The van der Waals surface area contributed by atoms with E-state index in [4.69, 9.17) is 9.84 Å². The Hall–Kier alpha value is -1.71. The molecule has 0 heterocycles. The third kappa shape index (κ3) is 2.39. The minimum absolute atomic E-state index is 0.174. The van der Waals surface area contributed by atoms with Crippen LogP contribution in [0.15, 0.2) is 12.1 Å². The highest BCUT2D eigenvalue weighted by Crippen LogP contribution is 2.37. The smallest absolute Gasteiger partial charge is 0.306 e. The topological polar surface area (TPSA) is 49.8 Å². The largest absolute Gasteiger partial charge is 0.496 e. The Morgan fingerprint density at radius 1 is 1.32 bits per heavy atom. The van der Waals surface area contributed by atoms with Gasteiger partial charge in [0.05, 0.1) is 13.0 Å². The summed E-state index contributed by atoms with van der Waals surface area (Å²) in [7, 11) is 3.71. The van der Waals surface area contributed by atoms with E-state index >= 15 is 0 Å². The van der Waals surface area contributed by atoms with Crippen LogP contribution in [0.3, 0.4) is 0 Å². The van der Waals surface area contributed by atoms with Gasteiger partial charge in [0.2, 0.25) is 0 Å². The van der Waals surface area contributed by atoms with Gasteiger partial charge < -0.3 is 14.7 Å². The van der Waals surface area contributed by atoms with Gasteiger partial charge in [0, 0.05) is 18.8 Å². The van der Waals surface area contributed by atoms with Crippen molar-refractivity contribution in [2.24, 2.45) is 5.92 Å². The van der Waals surface area contributed by atoms with Gasteiger partial charge in [-0.05, 0) is 49.9 Å². The highest BCUT2D eigenvalue weighted by Gasteiger charge is 2.37. The maximum Gasteiger partial charge on any atom is 0.306 e. The second-order valence-corrected chi connectivity index (χ2v) is 5.31. The number of anilines is 1. The number of carboxylic acid groups (broad SMARTS) is 1.